The molecule has 0 bridgehead atoms. The van der Waals surface area contributed by atoms with E-state index in [1.54, 1.807) is 36.1 Å². The van der Waals surface area contributed by atoms with Gasteiger partial charge in [-0.15, -0.1) is 0 Å². The van der Waals surface area contributed by atoms with Crippen molar-refractivity contribution in [3.63, 3.8) is 0 Å². The Morgan fingerprint density at radius 1 is 1.10 bits per heavy atom. The highest BCUT2D eigenvalue weighted by Gasteiger charge is 2.19. The summed E-state index contributed by atoms with van der Waals surface area (Å²) in [5, 5.41) is 17.4. The molecule has 2 aromatic rings. The van der Waals surface area contributed by atoms with E-state index in [0.717, 1.165) is 5.56 Å². The molecule has 1 atom stereocenters. The van der Waals surface area contributed by atoms with E-state index in [4.69, 9.17) is 9.84 Å². The van der Waals surface area contributed by atoms with E-state index in [-0.39, 0.29) is 18.9 Å². The molecule has 1 unspecified atom stereocenters. The number of para-hydroxylation sites is 1. The zero-order chi connectivity index (χ0) is 23.0. The highest BCUT2D eigenvalue weighted by atomic mass is 16.5. The Morgan fingerprint density at radius 3 is 2.39 bits per heavy atom. The van der Waals surface area contributed by atoms with E-state index in [2.05, 4.69) is 16.0 Å². The summed E-state index contributed by atoms with van der Waals surface area (Å²) >= 11 is 0. The minimum atomic E-state index is -0.946. The van der Waals surface area contributed by atoms with Crippen molar-refractivity contribution >= 4 is 35.0 Å². The van der Waals surface area contributed by atoms with Gasteiger partial charge in [0.2, 0.25) is 5.91 Å². The predicted molar refractivity (Wildman–Crippen MR) is 120 cm³/mol. The Kier molecular flexibility index (Phi) is 8.25. The number of methoxy groups -OCH3 is 1. The molecule has 0 spiro atoms. The molecule has 31 heavy (non-hydrogen) atoms. The summed E-state index contributed by atoms with van der Waals surface area (Å²) < 4.78 is 5.42. The van der Waals surface area contributed by atoms with Crippen LogP contribution >= 0.6 is 0 Å². The third-order valence-electron chi connectivity index (χ3n) is 4.60. The Hall–Kier alpha value is -3.75. The van der Waals surface area contributed by atoms with Crippen LogP contribution in [0, 0.1) is 6.92 Å². The summed E-state index contributed by atoms with van der Waals surface area (Å²) in [5.41, 5.74) is 2.72. The van der Waals surface area contributed by atoms with Crippen molar-refractivity contribution < 1.29 is 24.2 Å². The molecule has 166 valence electrons. The van der Waals surface area contributed by atoms with Crippen LogP contribution in [-0.2, 0) is 9.59 Å². The maximum absolute atomic E-state index is 12.4. The number of aryl methyl sites for hydroxylation is 1. The Morgan fingerprint density at radius 2 is 1.77 bits per heavy atom. The molecule has 0 radical (unpaired) electrons. The Bertz CT molecular complexity index is 947. The smallest absolute Gasteiger partial charge is 0.323 e. The molecule has 0 aliphatic carbocycles. The van der Waals surface area contributed by atoms with Crippen LogP contribution in [0.4, 0.5) is 21.9 Å². The van der Waals surface area contributed by atoms with Gasteiger partial charge in [-0.1, -0.05) is 18.2 Å². The van der Waals surface area contributed by atoms with Gasteiger partial charge in [-0.2, -0.15) is 0 Å². The second-order valence-electron chi connectivity index (χ2n) is 6.99. The van der Waals surface area contributed by atoms with Crippen molar-refractivity contribution in [3.8, 4) is 5.75 Å². The summed E-state index contributed by atoms with van der Waals surface area (Å²) in [6, 6.07) is 12.1. The van der Waals surface area contributed by atoms with Gasteiger partial charge in [-0.25, -0.2) is 4.79 Å². The van der Waals surface area contributed by atoms with Gasteiger partial charge in [0.05, 0.1) is 25.4 Å². The lowest BCUT2D eigenvalue weighted by atomic mass is 10.2. The molecule has 0 fully saturated rings. The number of aliphatic carboxylic acids is 1. The number of hydrogen-bond acceptors (Lipinski definition) is 5. The van der Waals surface area contributed by atoms with E-state index in [1.165, 1.54) is 14.0 Å². The number of anilines is 3. The zero-order valence-corrected chi connectivity index (χ0v) is 18.1. The number of hydrogen-bond donors (Lipinski definition) is 4. The monoisotopic (exact) mass is 428 g/mol. The van der Waals surface area contributed by atoms with Crippen LogP contribution in [0.5, 0.6) is 5.75 Å². The molecule has 9 heteroatoms. The van der Waals surface area contributed by atoms with Crippen molar-refractivity contribution in [2.75, 3.05) is 29.2 Å². The Labute approximate surface area is 181 Å². The van der Waals surface area contributed by atoms with Crippen LogP contribution in [0.1, 0.15) is 25.8 Å². The van der Waals surface area contributed by atoms with Gasteiger partial charge < -0.3 is 30.7 Å². The third kappa shape index (κ3) is 6.91. The second-order valence-corrected chi connectivity index (χ2v) is 6.99. The average Bonchev–Trinajstić information content (AvgIpc) is 2.70. The number of carbonyl (C=O) groups is 3. The molecular formula is C22H28N4O5. The fourth-order valence-corrected chi connectivity index (χ4v) is 3.09. The van der Waals surface area contributed by atoms with Gasteiger partial charge in [0.15, 0.2) is 0 Å². The number of nitrogens with one attached hydrogen (secondary N) is 3. The summed E-state index contributed by atoms with van der Waals surface area (Å²) in [6.07, 6.45) is -0.546. The van der Waals surface area contributed by atoms with Gasteiger partial charge in [-0.3, -0.25) is 9.59 Å². The first-order valence-electron chi connectivity index (χ1n) is 9.78. The van der Waals surface area contributed by atoms with E-state index in [0.29, 0.717) is 22.8 Å². The summed E-state index contributed by atoms with van der Waals surface area (Å²) in [7, 11) is 1.47. The second kappa shape index (κ2) is 10.9. The molecule has 0 saturated carbocycles. The van der Waals surface area contributed by atoms with Gasteiger partial charge in [0.1, 0.15) is 5.75 Å². The number of urea groups is 1. The lowest BCUT2D eigenvalue weighted by Gasteiger charge is -2.31. The van der Waals surface area contributed by atoms with Gasteiger partial charge in [0.25, 0.3) is 0 Å². The number of benzene rings is 2. The maximum Gasteiger partial charge on any atom is 0.323 e. The highest BCUT2D eigenvalue weighted by Crippen LogP contribution is 2.31. The third-order valence-corrected chi connectivity index (χ3v) is 4.60. The van der Waals surface area contributed by atoms with E-state index in [9.17, 15) is 14.4 Å². The Balaban J connectivity index is 2.22. The van der Waals surface area contributed by atoms with Crippen molar-refractivity contribution in [2.45, 2.75) is 33.4 Å². The molecule has 2 rings (SSSR count). The predicted octanol–water partition coefficient (Wildman–Crippen LogP) is 3.41. The average molecular weight is 428 g/mol. The van der Waals surface area contributed by atoms with Gasteiger partial charge >= 0.3 is 12.0 Å². The number of carbonyl (C=O) groups excluding carboxylic acids is 2. The molecule has 0 saturated heterocycles. The first-order chi connectivity index (χ1) is 14.7. The van der Waals surface area contributed by atoms with Crippen LogP contribution in [0.2, 0.25) is 0 Å². The van der Waals surface area contributed by atoms with Crippen molar-refractivity contribution in [2.24, 2.45) is 0 Å². The lowest BCUT2D eigenvalue weighted by Crippen LogP contribution is -2.46. The summed E-state index contributed by atoms with van der Waals surface area (Å²) in [6.45, 7) is 5.23. The molecule has 2 aromatic carbocycles. The lowest BCUT2D eigenvalue weighted by molar-refractivity contribution is -0.136. The number of ether oxygens (including phenoxy) is 1. The normalized spacial score (nSPS) is 11.2. The quantitative estimate of drug-likeness (QED) is 0.454. The largest absolute Gasteiger partial charge is 0.494 e. The minimum absolute atomic E-state index is 0.106. The molecule has 0 aliphatic rings. The topological polar surface area (TPSA) is 120 Å². The molecule has 3 amide bonds. The van der Waals surface area contributed by atoms with E-state index in [1.807, 2.05) is 25.1 Å². The molecular weight excluding hydrogens is 400 g/mol. The van der Waals surface area contributed by atoms with Gasteiger partial charge in [0, 0.05) is 30.9 Å². The molecule has 0 heterocycles. The standard InChI is InChI=1S/C22H28N4O5/c1-14-7-5-6-8-18(14)24-22(30)25-19-10-9-17(13-20(19)31-4)26(12-11-21(28)29)15(2)23-16(3)27/h5-10,13,15H,11-12H2,1-4H3,(H,23,27)(H,28,29)(H2,24,25,30). The summed E-state index contributed by atoms with van der Waals surface area (Å²) in [4.78, 5) is 36.7. The van der Waals surface area contributed by atoms with Crippen LogP contribution in [0.25, 0.3) is 0 Å². The van der Waals surface area contributed by atoms with Crippen LogP contribution in [0.3, 0.4) is 0 Å². The number of carboxylic acids is 1. The summed E-state index contributed by atoms with van der Waals surface area (Å²) in [5.74, 6) is -0.781. The van der Waals surface area contributed by atoms with E-state index < -0.39 is 18.2 Å². The van der Waals surface area contributed by atoms with Crippen LogP contribution < -0.4 is 25.6 Å². The van der Waals surface area contributed by atoms with Crippen LogP contribution in [-0.4, -0.2) is 42.8 Å². The SMILES string of the molecule is COc1cc(N(CCC(=O)O)C(C)NC(C)=O)ccc1NC(=O)Nc1ccccc1C. The maximum atomic E-state index is 12.4. The minimum Gasteiger partial charge on any atom is -0.494 e. The molecule has 0 aromatic heterocycles. The molecule has 0 aliphatic heterocycles. The first-order valence-corrected chi connectivity index (χ1v) is 9.78. The highest BCUT2D eigenvalue weighted by molar-refractivity contribution is 6.01. The van der Waals surface area contributed by atoms with Crippen molar-refractivity contribution in [1.82, 2.24) is 5.32 Å². The van der Waals surface area contributed by atoms with Crippen LogP contribution in [0.15, 0.2) is 42.5 Å². The molecule has 9 nitrogen and oxygen atoms in total. The number of carboxylic acid groups (broad SMARTS) is 1. The number of amides is 3. The zero-order valence-electron chi connectivity index (χ0n) is 18.1. The number of rotatable bonds is 9. The first kappa shape index (κ1) is 23.5. The fraction of sp³-hybridized carbons (Fsp3) is 0.318. The van der Waals surface area contributed by atoms with E-state index >= 15 is 0 Å². The van der Waals surface area contributed by atoms with Crippen molar-refractivity contribution in [1.29, 1.82) is 0 Å². The number of nitrogens with zero attached hydrogens (tertiary/aromatic N) is 1. The van der Waals surface area contributed by atoms with Gasteiger partial charge in [-0.05, 0) is 37.6 Å². The molecule has 4 N–H and O–H groups in total. The fourth-order valence-electron chi connectivity index (χ4n) is 3.09. The van der Waals surface area contributed by atoms with Crippen molar-refractivity contribution in [3.05, 3.63) is 48.0 Å².